The lowest BCUT2D eigenvalue weighted by atomic mass is 9.55. The van der Waals surface area contributed by atoms with Crippen LogP contribution in [0.4, 0.5) is 0 Å². The van der Waals surface area contributed by atoms with Gasteiger partial charge in [0.05, 0.1) is 30.8 Å². The van der Waals surface area contributed by atoms with Gasteiger partial charge in [0.25, 0.3) is 0 Å². The number of halogens is 1. The number of aryl methyl sites for hydroxylation is 1. The molecule has 26 heavy (non-hydrogen) atoms. The fraction of sp³-hybridized carbons (Fsp3) is 0.684. The summed E-state index contributed by atoms with van der Waals surface area (Å²) in [5, 5.41) is 4.34. The molecule has 1 spiro atoms. The van der Waals surface area contributed by atoms with Crippen LogP contribution >= 0.6 is 15.9 Å². The Kier molecular flexibility index (Phi) is 3.69. The number of aromatic nitrogens is 4. The molecule has 2 aromatic heterocycles. The fourth-order valence-electron chi connectivity index (χ4n) is 5.64. The van der Waals surface area contributed by atoms with Crippen LogP contribution in [-0.4, -0.2) is 38.3 Å². The Morgan fingerprint density at radius 2 is 2.04 bits per heavy atom. The SMILES string of the molecule is C[C@@H]1[C@H]2CCc3c(nc(Br)n3-c3cnn(C)c3)[C@]2(C)CCC12OCCO2. The Labute approximate surface area is 162 Å². The van der Waals surface area contributed by atoms with Crippen molar-refractivity contribution >= 4 is 15.9 Å². The first kappa shape index (κ1) is 17.0. The molecule has 2 aromatic rings. The van der Waals surface area contributed by atoms with Crippen molar-refractivity contribution in [2.75, 3.05) is 13.2 Å². The van der Waals surface area contributed by atoms with Crippen LogP contribution in [0.3, 0.4) is 0 Å². The summed E-state index contributed by atoms with van der Waals surface area (Å²) in [5.74, 6) is 0.524. The van der Waals surface area contributed by atoms with Crippen LogP contribution in [0.5, 0.6) is 0 Å². The van der Waals surface area contributed by atoms with Gasteiger partial charge < -0.3 is 9.47 Å². The van der Waals surface area contributed by atoms with Gasteiger partial charge in [-0.15, -0.1) is 0 Å². The first-order valence-electron chi connectivity index (χ1n) is 9.49. The highest BCUT2D eigenvalue weighted by Crippen LogP contribution is 2.57. The molecular formula is C19H25BrN4O2. The minimum Gasteiger partial charge on any atom is -0.347 e. The first-order chi connectivity index (χ1) is 12.4. The Balaban J connectivity index is 1.58. The number of hydrogen-bond acceptors (Lipinski definition) is 4. The highest BCUT2D eigenvalue weighted by atomic mass is 79.9. The molecule has 7 heteroatoms. The zero-order chi connectivity index (χ0) is 18.1. The first-order valence-corrected chi connectivity index (χ1v) is 10.3. The van der Waals surface area contributed by atoms with Gasteiger partial charge in [-0.25, -0.2) is 4.98 Å². The Morgan fingerprint density at radius 1 is 1.27 bits per heavy atom. The molecule has 3 heterocycles. The zero-order valence-corrected chi connectivity index (χ0v) is 17.1. The molecule has 0 radical (unpaired) electrons. The largest absolute Gasteiger partial charge is 0.347 e. The molecule has 2 aliphatic carbocycles. The van der Waals surface area contributed by atoms with E-state index in [1.165, 1.54) is 11.4 Å². The number of fused-ring (bicyclic) bond motifs is 3. The molecule has 140 valence electrons. The number of rotatable bonds is 1. The zero-order valence-electron chi connectivity index (χ0n) is 15.5. The van der Waals surface area contributed by atoms with Crippen molar-refractivity contribution in [1.29, 1.82) is 0 Å². The van der Waals surface area contributed by atoms with Crippen LogP contribution in [0.2, 0.25) is 0 Å². The van der Waals surface area contributed by atoms with E-state index in [1.54, 1.807) is 0 Å². The minimum absolute atomic E-state index is 0.0591. The molecule has 1 aliphatic heterocycles. The van der Waals surface area contributed by atoms with Gasteiger partial charge in [0.2, 0.25) is 0 Å². The van der Waals surface area contributed by atoms with Crippen LogP contribution in [0.1, 0.15) is 44.5 Å². The van der Waals surface area contributed by atoms with Crippen molar-refractivity contribution in [3.05, 3.63) is 28.5 Å². The maximum absolute atomic E-state index is 6.11. The van der Waals surface area contributed by atoms with Crippen molar-refractivity contribution in [2.45, 2.75) is 50.7 Å². The van der Waals surface area contributed by atoms with E-state index in [1.807, 2.05) is 24.1 Å². The average Bonchev–Trinajstić information content (AvgIpc) is 3.31. The van der Waals surface area contributed by atoms with Crippen molar-refractivity contribution in [1.82, 2.24) is 19.3 Å². The number of nitrogens with zero attached hydrogens (tertiary/aromatic N) is 4. The maximum atomic E-state index is 6.11. The number of ether oxygens (including phenoxy) is 2. The lowest BCUT2D eigenvalue weighted by molar-refractivity contribution is -0.234. The number of imidazole rings is 1. The summed E-state index contributed by atoms with van der Waals surface area (Å²) in [6.07, 6.45) is 8.09. The molecule has 3 aliphatic rings. The summed E-state index contributed by atoms with van der Waals surface area (Å²) in [5.41, 5.74) is 3.69. The third kappa shape index (κ3) is 2.17. The van der Waals surface area contributed by atoms with Gasteiger partial charge in [0.15, 0.2) is 10.5 Å². The highest BCUT2D eigenvalue weighted by Gasteiger charge is 2.58. The summed E-state index contributed by atoms with van der Waals surface area (Å²) < 4.78 is 17.2. The predicted molar refractivity (Wildman–Crippen MR) is 100 cm³/mol. The fourth-order valence-corrected chi connectivity index (χ4v) is 6.23. The van der Waals surface area contributed by atoms with Gasteiger partial charge in [-0.3, -0.25) is 9.25 Å². The minimum atomic E-state index is -0.370. The molecule has 1 saturated heterocycles. The smallest absolute Gasteiger partial charge is 0.182 e. The van der Waals surface area contributed by atoms with Gasteiger partial charge in [-0.1, -0.05) is 13.8 Å². The average molecular weight is 421 g/mol. The van der Waals surface area contributed by atoms with Crippen LogP contribution in [-0.2, 0) is 28.4 Å². The molecular weight excluding hydrogens is 396 g/mol. The lowest BCUT2D eigenvalue weighted by Gasteiger charge is -2.53. The molecule has 0 N–H and O–H groups in total. The second kappa shape index (κ2) is 5.66. The highest BCUT2D eigenvalue weighted by molar-refractivity contribution is 9.10. The van der Waals surface area contributed by atoms with E-state index in [-0.39, 0.29) is 11.2 Å². The van der Waals surface area contributed by atoms with Crippen LogP contribution in [0, 0.1) is 11.8 Å². The van der Waals surface area contributed by atoms with E-state index in [0.717, 1.165) is 49.3 Å². The van der Waals surface area contributed by atoms with Gasteiger partial charge in [-0.2, -0.15) is 5.10 Å². The van der Waals surface area contributed by atoms with Crippen LogP contribution < -0.4 is 0 Å². The van der Waals surface area contributed by atoms with E-state index in [2.05, 4.69) is 39.4 Å². The van der Waals surface area contributed by atoms with E-state index >= 15 is 0 Å². The van der Waals surface area contributed by atoms with Gasteiger partial charge in [0, 0.05) is 36.7 Å². The summed E-state index contributed by atoms with van der Waals surface area (Å²) in [6.45, 7) is 6.15. The molecule has 0 bridgehead atoms. The quantitative estimate of drug-likeness (QED) is 0.709. The predicted octanol–water partition coefficient (Wildman–Crippen LogP) is 3.36. The van der Waals surface area contributed by atoms with Crippen molar-refractivity contribution in [3.8, 4) is 5.69 Å². The van der Waals surface area contributed by atoms with Crippen molar-refractivity contribution in [3.63, 3.8) is 0 Å². The summed E-state index contributed by atoms with van der Waals surface area (Å²) in [4.78, 5) is 5.00. The lowest BCUT2D eigenvalue weighted by Crippen LogP contribution is -2.55. The maximum Gasteiger partial charge on any atom is 0.182 e. The third-order valence-electron chi connectivity index (χ3n) is 7.00. The monoisotopic (exact) mass is 420 g/mol. The topological polar surface area (TPSA) is 54.1 Å². The van der Waals surface area contributed by atoms with E-state index in [0.29, 0.717) is 11.8 Å². The van der Waals surface area contributed by atoms with E-state index in [9.17, 15) is 0 Å². The van der Waals surface area contributed by atoms with Gasteiger partial charge >= 0.3 is 0 Å². The van der Waals surface area contributed by atoms with Crippen LogP contribution in [0.25, 0.3) is 5.69 Å². The van der Waals surface area contributed by atoms with Crippen molar-refractivity contribution < 1.29 is 9.47 Å². The summed E-state index contributed by atoms with van der Waals surface area (Å²) in [6, 6.07) is 0. The Bertz CT molecular complexity index is 854. The van der Waals surface area contributed by atoms with Crippen molar-refractivity contribution in [2.24, 2.45) is 18.9 Å². The van der Waals surface area contributed by atoms with Crippen LogP contribution in [0.15, 0.2) is 17.1 Å². The summed E-state index contributed by atoms with van der Waals surface area (Å²) in [7, 11) is 1.95. The Hall–Kier alpha value is -1.18. The van der Waals surface area contributed by atoms with E-state index < -0.39 is 0 Å². The standard InChI is InChI=1S/C19H25BrN4O2/c1-12-14-4-5-15-16(18(14,2)6-7-19(12)25-8-9-26-19)22-17(20)24(15)13-10-21-23(3)11-13/h10-12,14H,4-9H2,1-3H3/t12-,14-,18-/m1/s1. The molecule has 5 rings (SSSR count). The number of hydrogen-bond donors (Lipinski definition) is 0. The second-order valence-electron chi connectivity index (χ2n) is 8.24. The molecule has 0 unspecified atom stereocenters. The van der Waals surface area contributed by atoms with E-state index in [4.69, 9.17) is 14.5 Å². The molecule has 6 nitrogen and oxygen atoms in total. The molecule has 2 fully saturated rings. The molecule has 0 aromatic carbocycles. The van der Waals surface area contributed by atoms with Gasteiger partial charge in [-0.05, 0) is 41.1 Å². The van der Waals surface area contributed by atoms with Gasteiger partial charge in [0.1, 0.15) is 0 Å². The third-order valence-corrected chi connectivity index (χ3v) is 7.53. The molecule has 0 amide bonds. The normalized spacial score (nSPS) is 32.6. The summed E-state index contributed by atoms with van der Waals surface area (Å²) >= 11 is 3.70. The Morgan fingerprint density at radius 3 is 2.73 bits per heavy atom. The molecule has 3 atom stereocenters. The molecule has 1 saturated carbocycles. The second-order valence-corrected chi connectivity index (χ2v) is 8.95.